The van der Waals surface area contributed by atoms with Gasteiger partial charge in [-0.05, 0) is 24.8 Å². The molecule has 2 atom stereocenters. The number of benzene rings is 1. The molecule has 6 nitrogen and oxygen atoms in total. The molecule has 2 unspecified atom stereocenters. The number of amides is 1. The van der Waals surface area contributed by atoms with Crippen LogP contribution in [0.25, 0.3) is 0 Å². The van der Waals surface area contributed by atoms with Crippen molar-refractivity contribution in [2.75, 3.05) is 13.7 Å². The monoisotopic (exact) mass is 356 g/mol. The lowest BCUT2D eigenvalue weighted by Gasteiger charge is -2.14. The highest BCUT2D eigenvalue weighted by Crippen LogP contribution is 2.31. The van der Waals surface area contributed by atoms with Crippen molar-refractivity contribution in [3.8, 4) is 5.75 Å². The van der Waals surface area contributed by atoms with Gasteiger partial charge in [0.1, 0.15) is 0 Å². The normalized spacial score (nSPS) is 21.0. The maximum absolute atomic E-state index is 12.1. The fourth-order valence-corrected chi connectivity index (χ4v) is 3.29. The van der Waals surface area contributed by atoms with Gasteiger partial charge in [-0.15, -0.1) is 0 Å². The average molecular weight is 357 g/mol. The highest BCUT2D eigenvalue weighted by atomic mass is 79.9. The van der Waals surface area contributed by atoms with Crippen molar-refractivity contribution >= 4 is 27.5 Å². The van der Waals surface area contributed by atoms with Crippen LogP contribution in [0, 0.1) is 16.0 Å². The molecule has 1 saturated carbocycles. The van der Waals surface area contributed by atoms with Gasteiger partial charge in [-0.2, -0.15) is 0 Å². The Labute approximate surface area is 131 Å². The lowest BCUT2D eigenvalue weighted by atomic mass is 10.1. The van der Waals surface area contributed by atoms with Crippen LogP contribution >= 0.6 is 15.9 Å². The molecule has 0 spiro atoms. The van der Waals surface area contributed by atoms with Crippen LogP contribution < -0.4 is 10.1 Å². The Morgan fingerprint density at radius 2 is 2.29 bits per heavy atom. The maximum atomic E-state index is 12.1. The molecule has 0 heterocycles. The van der Waals surface area contributed by atoms with Gasteiger partial charge in [-0.3, -0.25) is 14.9 Å². The lowest BCUT2D eigenvalue weighted by molar-refractivity contribution is -0.385. The molecular weight excluding hydrogens is 340 g/mol. The molecule has 0 radical (unpaired) electrons. The van der Waals surface area contributed by atoms with E-state index < -0.39 is 4.92 Å². The van der Waals surface area contributed by atoms with Gasteiger partial charge in [0, 0.05) is 29.1 Å². The first kappa shape index (κ1) is 15.8. The molecule has 0 aromatic heterocycles. The molecule has 2 rings (SSSR count). The van der Waals surface area contributed by atoms with E-state index in [2.05, 4.69) is 21.2 Å². The van der Waals surface area contributed by atoms with Crippen LogP contribution in [0.3, 0.4) is 0 Å². The molecule has 7 heteroatoms. The van der Waals surface area contributed by atoms with E-state index in [1.54, 1.807) is 0 Å². The average Bonchev–Trinajstić information content (AvgIpc) is 2.89. The molecular formula is C14H17BrN2O4. The first-order chi connectivity index (χ1) is 10.0. The summed E-state index contributed by atoms with van der Waals surface area (Å²) in [6, 6.07) is 4.13. The van der Waals surface area contributed by atoms with Crippen molar-refractivity contribution in [3.05, 3.63) is 33.9 Å². The molecule has 1 N–H and O–H groups in total. The van der Waals surface area contributed by atoms with Crippen molar-refractivity contribution in [3.63, 3.8) is 0 Å². The minimum atomic E-state index is -0.533. The number of nitro benzene ring substituents is 1. The van der Waals surface area contributed by atoms with Gasteiger partial charge in [0.05, 0.1) is 12.0 Å². The Hall–Kier alpha value is -1.63. The Morgan fingerprint density at radius 1 is 1.52 bits per heavy atom. The zero-order chi connectivity index (χ0) is 15.4. The number of alkyl halides is 1. The smallest absolute Gasteiger partial charge is 0.310 e. The molecule has 1 amide bonds. The van der Waals surface area contributed by atoms with Crippen LogP contribution in [0.5, 0.6) is 5.75 Å². The molecule has 1 aliphatic carbocycles. The number of nitro groups is 1. The largest absolute Gasteiger partial charge is 0.490 e. The van der Waals surface area contributed by atoms with E-state index in [0.717, 1.165) is 12.8 Å². The van der Waals surface area contributed by atoms with E-state index in [1.165, 1.54) is 31.7 Å². The van der Waals surface area contributed by atoms with Crippen LogP contribution in [-0.2, 0) is 0 Å². The lowest BCUT2D eigenvalue weighted by Crippen LogP contribution is -2.30. The zero-order valence-corrected chi connectivity index (χ0v) is 13.3. The first-order valence-electron chi connectivity index (χ1n) is 6.77. The topological polar surface area (TPSA) is 81.5 Å². The van der Waals surface area contributed by atoms with Crippen LogP contribution in [0.15, 0.2) is 18.2 Å². The predicted molar refractivity (Wildman–Crippen MR) is 82.0 cm³/mol. The van der Waals surface area contributed by atoms with Crippen molar-refractivity contribution in [1.82, 2.24) is 5.32 Å². The van der Waals surface area contributed by atoms with Gasteiger partial charge >= 0.3 is 5.69 Å². The third-order valence-electron chi connectivity index (χ3n) is 3.73. The molecule has 21 heavy (non-hydrogen) atoms. The van der Waals surface area contributed by atoms with E-state index in [4.69, 9.17) is 4.74 Å². The number of carbonyl (C=O) groups excluding carboxylic acids is 1. The third-order valence-corrected chi connectivity index (χ3v) is 4.94. The minimum absolute atomic E-state index is 0.0897. The SMILES string of the molecule is COc1cc(C(=O)NCC2CCCC2Br)ccc1[N+](=O)[O-]. The van der Waals surface area contributed by atoms with E-state index in [0.29, 0.717) is 22.9 Å². The number of rotatable bonds is 5. The fraction of sp³-hybridized carbons (Fsp3) is 0.500. The molecule has 114 valence electrons. The maximum Gasteiger partial charge on any atom is 0.310 e. The highest BCUT2D eigenvalue weighted by Gasteiger charge is 2.25. The minimum Gasteiger partial charge on any atom is -0.490 e. The second-order valence-electron chi connectivity index (χ2n) is 5.06. The number of nitrogens with one attached hydrogen (secondary N) is 1. The molecule has 1 aromatic carbocycles. The molecule has 1 aliphatic rings. The Morgan fingerprint density at radius 3 is 2.86 bits per heavy atom. The van der Waals surface area contributed by atoms with Crippen molar-refractivity contribution in [1.29, 1.82) is 0 Å². The third kappa shape index (κ3) is 3.72. The number of ether oxygens (including phenoxy) is 1. The summed E-state index contributed by atoms with van der Waals surface area (Å²) in [4.78, 5) is 22.8. The Bertz CT molecular complexity index is 550. The van der Waals surface area contributed by atoms with E-state index in [1.807, 2.05) is 0 Å². The van der Waals surface area contributed by atoms with Crippen LogP contribution in [0.1, 0.15) is 29.6 Å². The number of hydrogen-bond donors (Lipinski definition) is 1. The van der Waals surface area contributed by atoms with Crippen molar-refractivity contribution in [2.24, 2.45) is 5.92 Å². The Kier molecular flexibility index (Phi) is 5.17. The summed E-state index contributed by atoms with van der Waals surface area (Å²) in [5, 5.41) is 13.7. The zero-order valence-electron chi connectivity index (χ0n) is 11.7. The van der Waals surface area contributed by atoms with Gasteiger partial charge in [-0.25, -0.2) is 0 Å². The van der Waals surface area contributed by atoms with Gasteiger partial charge in [0.25, 0.3) is 5.91 Å². The van der Waals surface area contributed by atoms with Crippen LogP contribution in [0.4, 0.5) is 5.69 Å². The van der Waals surface area contributed by atoms with Crippen molar-refractivity contribution in [2.45, 2.75) is 24.1 Å². The molecule has 0 bridgehead atoms. The Balaban J connectivity index is 2.03. The summed E-state index contributed by atoms with van der Waals surface area (Å²) < 4.78 is 4.96. The quantitative estimate of drug-likeness (QED) is 0.499. The number of hydrogen-bond acceptors (Lipinski definition) is 4. The van der Waals surface area contributed by atoms with Crippen LogP contribution in [-0.4, -0.2) is 29.3 Å². The summed E-state index contributed by atoms with van der Waals surface area (Å²) in [6.07, 6.45) is 3.40. The standard InChI is InChI=1S/C14H17BrN2O4/c1-21-13-7-9(5-6-12(13)17(19)20)14(18)16-8-10-3-2-4-11(10)15/h5-7,10-11H,2-4,8H2,1H3,(H,16,18). The second kappa shape index (κ2) is 6.89. The van der Waals surface area contributed by atoms with Gasteiger partial charge < -0.3 is 10.1 Å². The van der Waals surface area contributed by atoms with Crippen molar-refractivity contribution < 1.29 is 14.5 Å². The fourth-order valence-electron chi connectivity index (χ4n) is 2.52. The predicted octanol–water partition coefficient (Wildman–Crippen LogP) is 2.90. The number of carbonyl (C=O) groups is 1. The summed E-state index contributed by atoms with van der Waals surface area (Å²) >= 11 is 3.61. The number of nitrogens with zero attached hydrogens (tertiary/aromatic N) is 1. The summed E-state index contributed by atoms with van der Waals surface area (Å²) in [5.41, 5.74) is 0.215. The summed E-state index contributed by atoms with van der Waals surface area (Å²) in [7, 11) is 1.35. The first-order valence-corrected chi connectivity index (χ1v) is 7.69. The molecule has 1 fully saturated rings. The number of methoxy groups -OCH3 is 1. The van der Waals surface area contributed by atoms with Gasteiger partial charge in [-0.1, -0.05) is 22.4 Å². The summed E-state index contributed by atoms with van der Waals surface area (Å²) in [6.45, 7) is 0.605. The van der Waals surface area contributed by atoms with Gasteiger partial charge in [0.15, 0.2) is 5.75 Å². The number of halogens is 1. The second-order valence-corrected chi connectivity index (χ2v) is 6.24. The molecule has 1 aromatic rings. The highest BCUT2D eigenvalue weighted by molar-refractivity contribution is 9.09. The summed E-state index contributed by atoms with van der Waals surface area (Å²) in [5.74, 6) is 0.288. The molecule has 0 aliphatic heterocycles. The van der Waals surface area contributed by atoms with E-state index in [9.17, 15) is 14.9 Å². The van der Waals surface area contributed by atoms with E-state index in [-0.39, 0.29) is 17.3 Å². The van der Waals surface area contributed by atoms with Gasteiger partial charge in [0.2, 0.25) is 0 Å². The van der Waals surface area contributed by atoms with Crippen LogP contribution in [0.2, 0.25) is 0 Å². The molecule has 0 saturated heterocycles. The van der Waals surface area contributed by atoms with E-state index >= 15 is 0 Å².